The third-order valence-corrected chi connectivity index (χ3v) is 4.24. The van der Waals surface area contributed by atoms with Gasteiger partial charge in [-0.1, -0.05) is 101 Å². The molecule has 0 bridgehead atoms. The number of hydrogen-bond acceptors (Lipinski definition) is 4. The van der Waals surface area contributed by atoms with Gasteiger partial charge >= 0.3 is 11.9 Å². The number of hydrogen-bond donors (Lipinski definition) is 0. The van der Waals surface area contributed by atoms with Gasteiger partial charge in [-0.25, -0.2) is 9.59 Å². The molecule has 0 fully saturated rings. The number of ether oxygens (including phenoxy) is 2. The molecule has 0 radical (unpaired) electrons. The average Bonchev–Trinajstić information content (AvgIpc) is 2.92. The molecule has 0 spiro atoms. The summed E-state index contributed by atoms with van der Waals surface area (Å²) >= 11 is 0. The minimum absolute atomic E-state index is 0.364. The number of esters is 2. The van der Waals surface area contributed by atoms with Crippen LogP contribution in [0.3, 0.4) is 0 Å². The van der Waals surface area contributed by atoms with Crippen molar-refractivity contribution < 1.29 is 19.1 Å². The Bertz CT molecular complexity index is 970. The van der Waals surface area contributed by atoms with Gasteiger partial charge in [0.25, 0.3) is 0 Å². The molecule has 0 saturated heterocycles. The first-order chi connectivity index (χ1) is 17.5. The maximum absolute atomic E-state index is 12.0. The number of benzene rings is 3. The van der Waals surface area contributed by atoms with Gasteiger partial charge in [-0.2, -0.15) is 0 Å². The highest BCUT2D eigenvalue weighted by Crippen LogP contribution is 2.18. The van der Waals surface area contributed by atoms with Crippen LogP contribution in [0, 0.1) is 13.8 Å². The molecule has 0 unspecified atom stereocenters. The fraction of sp³-hybridized carbons (Fsp3) is 0.250. The molecule has 0 aromatic heterocycles. The lowest BCUT2D eigenvalue weighted by molar-refractivity contribution is -0.130. The van der Waals surface area contributed by atoms with Gasteiger partial charge in [-0.15, -0.1) is 0 Å². The fourth-order valence-corrected chi connectivity index (χ4v) is 2.56. The first kappa shape index (κ1) is 32.1. The highest BCUT2D eigenvalue weighted by Gasteiger charge is 2.04. The largest absolute Gasteiger partial charge is 0.423 e. The second-order valence-electron chi connectivity index (χ2n) is 6.80. The smallest absolute Gasteiger partial charge is 0.336 e. The number of carbonyl (C=O) groups is 2. The Morgan fingerprint density at radius 2 is 0.778 bits per heavy atom. The monoisotopic (exact) mass is 488 g/mol. The molecule has 0 aliphatic heterocycles. The van der Waals surface area contributed by atoms with E-state index in [-0.39, 0.29) is 0 Å². The number of aryl methyl sites for hydroxylation is 2. The first-order valence-corrected chi connectivity index (χ1v) is 12.5. The highest BCUT2D eigenvalue weighted by molar-refractivity contribution is 5.89. The van der Waals surface area contributed by atoms with Crippen LogP contribution in [0.15, 0.2) is 84.9 Å². The van der Waals surface area contributed by atoms with Gasteiger partial charge in [-0.05, 0) is 61.4 Å². The quantitative estimate of drug-likeness (QED) is 0.198. The lowest BCUT2D eigenvalue weighted by Crippen LogP contribution is -2.05. The van der Waals surface area contributed by atoms with Crippen molar-refractivity contribution in [2.75, 3.05) is 0 Å². The van der Waals surface area contributed by atoms with Crippen molar-refractivity contribution in [1.29, 1.82) is 0 Å². The Kier molecular flexibility index (Phi) is 17.3. The summed E-state index contributed by atoms with van der Waals surface area (Å²) in [5.74, 6) is -0.241. The molecular formula is C32H40O4. The van der Waals surface area contributed by atoms with Crippen molar-refractivity contribution in [1.82, 2.24) is 0 Å². The van der Waals surface area contributed by atoms with E-state index in [0.717, 1.165) is 22.3 Å². The van der Waals surface area contributed by atoms with Gasteiger partial charge in [0.1, 0.15) is 11.5 Å². The molecule has 0 saturated carbocycles. The Morgan fingerprint density at radius 3 is 1.06 bits per heavy atom. The standard InChI is InChI=1S/C26H22O4.3C2H6/c1-19-3-7-21(8-4-19)11-17-25(27)29-23-13-15-24(16-14-23)30-26(28)18-12-22-9-5-20(2)6-10-22;3*1-2/h3-18H,1-2H3;3*1-2H3. The van der Waals surface area contributed by atoms with Gasteiger partial charge in [0, 0.05) is 12.2 Å². The summed E-state index contributed by atoms with van der Waals surface area (Å²) in [5.41, 5.74) is 4.14. The summed E-state index contributed by atoms with van der Waals surface area (Å²) in [6.45, 7) is 16.0. The minimum Gasteiger partial charge on any atom is -0.423 e. The number of carbonyl (C=O) groups excluding carboxylic acids is 2. The van der Waals surface area contributed by atoms with Crippen LogP contribution in [0.25, 0.3) is 12.2 Å². The SMILES string of the molecule is CC.CC.CC.Cc1ccc(C=CC(=O)Oc2ccc(OC(=O)C=Cc3ccc(C)cc3)cc2)cc1. The van der Waals surface area contributed by atoms with Crippen LogP contribution in [0.1, 0.15) is 63.8 Å². The zero-order valence-corrected chi connectivity index (χ0v) is 22.9. The topological polar surface area (TPSA) is 52.6 Å². The lowest BCUT2D eigenvalue weighted by Gasteiger charge is -2.04. The van der Waals surface area contributed by atoms with Crippen LogP contribution in [0.2, 0.25) is 0 Å². The Morgan fingerprint density at radius 1 is 0.500 bits per heavy atom. The minimum atomic E-state index is -0.485. The van der Waals surface area contributed by atoms with E-state index in [1.807, 2.05) is 104 Å². The van der Waals surface area contributed by atoms with Gasteiger partial charge in [0.2, 0.25) is 0 Å². The van der Waals surface area contributed by atoms with Gasteiger partial charge < -0.3 is 9.47 Å². The average molecular weight is 489 g/mol. The molecule has 3 aromatic rings. The van der Waals surface area contributed by atoms with E-state index in [2.05, 4.69) is 0 Å². The predicted octanol–water partition coefficient (Wildman–Crippen LogP) is 8.62. The van der Waals surface area contributed by atoms with Crippen LogP contribution in [-0.2, 0) is 9.59 Å². The molecule has 0 amide bonds. The van der Waals surface area contributed by atoms with E-state index in [1.54, 1.807) is 36.4 Å². The molecule has 0 aliphatic rings. The summed E-state index contributed by atoms with van der Waals surface area (Å²) in [6, 6.07) is 21.9. The zero-order valence-electron chi connectivity index (χ0n) is 22.9. The molecule has 4 nitrogen and oxygen atoms in total. The van der Waals surface area contributed by atoms with Gasteiger partial charge in [-0.3, -0.25) is 0 Å². The molecule has 0 aliphatic carbocycles. The van der Waals surface area contributed by atoms with Crippen molar-refractivity contribution in [2.24, 2.45) is 0 Å². The molecule has 3 aromatic carbocycles. The molecular weight excluding hydrogens is 448 g/mol. The van der Waals surface area contributed by atoms with Crippen LogP contribution in [-0.4, -0.2) is 11.9 Å². The fourth-order valence-electron chi connectivity index (χ4n) is 2.56. The van der Waals surface area contributed by atoms with Crippen LogP contribution >= 0.6 is 0 Å². The van der Waals surface area contributed by atoms with Crippen LogP contribution in [0.4, 0.5) is 0 Å². The van der Waals surface area contributed by atoms with Crippen LogP contribution in [0.5, 0.6) is 11.5 Å². The van der Waals surface area contributed by atoms with E-state index >= 15 is 0 Å². The normalized spacial score (nSPS) is 9.67. The van der Waals surface area contributed by atoms with Gasteiger partial charge in [0.05, 0.1) is 0 Å². The summed E-state index contributed by atoms with van der Waals surface area (Å²) < 4.78 is 10.5. The van der Waals surface area contributed by atoms with Crippen molar-refractivity contribution in [3.63, 3.8) is 0 Å². The Labute approximate surface area is 217 Å². The van der Waals surface area contributed by atoms with Crippen LogP contribution < -0.4 is 9.47 Å². The summed E-state index contributed by atoms with van der Waals surface area (Å²) in [4.78, 5) is 23.9. The Hall–Kier alpha value is -3.92. The van der Waals surface area contributed by atoms with Crippen molar-refractivity contribution >= 4 is 24.1 Å². The molecule has 0 atom stereocenters. The highest BCUT2D eigenvalue weighted by atomic mass is 16.5. The summed E-state index contributed by atoms with van der Waals surface area (Å²) in [7, 11) is 0. The van der Waals surface area contributed by atoms with E-state index in [4.69, 9.17) is 9.47 Å². The Balaban J connectivity index is 0.00000190. The second-order valence-corrected chi connectivity index (χ2v) is 6.80. The van der Waals surface area contributed by atoms with Gasteiger partial charge in [0.15, 0.2) is 0 Å². The van der Waals surface area contributed by atoms with Crippen molar-refractivity contribution in [2.45, 2.75) is 55.4 Å². The zero-order chi connectivity index (χ0) is 27.3. The van der Waals surface area contributed by atoms with Crippen molar-refractivity contribution in [3.05, 3.63) is 107 Å². The summed E-state index contributed by atoms with van der Waals surface area (Å²) in [5, 5.41) is 0. The summed E-state index contributed by atoms with van der Waals surface area (Å²) in [6.07, 6.45) is 6.12. The predicted molar refractivity (Wildman–Crippen MR) is 152 cm³/mol. The molecule has 0 heterocycles. The maximum atomic E-state index is 12.0. The van der Waals surface area contributed by atoms with Crippen molar-refractivity contribution in [3.8, 4) is 11.5 Å². The molecule has 0 N–H and O–H groups in total. The second kappa shape index (κ2) is 19.4. The van der Waals surface area contributed by atoms with E-state index in [1.165, 1.54) is 12.2 Å². The molecule has 4 heteroatoms. The number of rotatable bonds is 6. The van der Waals surface area contributed by atoms with E-state index in [9.17, 15) is 9.59 Å². The third kappa shape index (κ3) is 13.1. The maximum Gasteiger partial charge on any atom is 0.336 e. The first-order valence-electron chi connectivity index (χ1n) is 12.5. The third-order valence-electron chi connectivity index (χ3n) is 4.24. The van der Waals surface area contributed by atoms with E-state index in [0.29, 0.717) is 11.5 Å². The molecule has 192 valence electrons. The lowest BCUT2D eigenvalue weighted by atomic mass is 10.1. The molecule has 36 heavy (non-hydrogen) atoms. The molecule has 3 rings (SSSR count). The van der Waals surface area contributed by atoms with E-state index < -0.39 is 11.9 Å².